The molecule has 3 rings (SSSR count). The van der Waals surface area contributed by atoms with E-state index < -0.39 is 6.36 Å². The molecule has 0 saturated carbocycles. The fourth-order valence-corrected chi connectivity index (χ4v) is 2.81. The first-order chi connectivity index (χ1) is 13.2. The third-order valence-corrected chi connectivity index (χ3v) is 4.05. The van der Waals surface area contributed by atoms with Crippen molar-refractivity contribution in [1.29, 1.82) is 0 Å². The molecule has 3 aromatic rings. The van der Waals surface area contributed by atoms with Crippen LogP contribution in [-0.2, 0) is 4.79 Å². The molecule has 1 atom stereocenters. The van der Waals surface area contributed by atoms with Crippen LogP contribution in [0.5, 0.6) is 17.2 Å². The van der Waals surface area contributed by atoms with Gasteiger partial charge in [0.2, 0.25) is 5.91 Å². The van der Waals surface area contributed by atoms with E-state index in [1.165, 1.54) is 31.2 Å². The second-order valence-electron chi connectivity index (χ2n) is 6.31. The van der Waals surface area contributed by atoms with Crippen LogP contribution in [0.1, 0.15) is 25.5 Å². The van der Waals surface area contributed by atoms with Crippen molar-refractivity contribution < 1.29 is 27.4 Å². The summed E-state index contributed by atoms with van der Waals surface area (Å²) in [5.41, 5.74) is 0.983. The Labute approximate surface area is 159 Å². The Bertz CT molecular complexity index is 984. The van der Waals surface area contributed by atoms with Crippen LogP contribution in [0.25, 0.3) is 10.8 Å². The van der Waals surface area contributed by atoms with Crippen molar-refractivity contribution in [2.75, 3.05) is 0 Å². The first kappa shape index (κ1) is 19.5. The zero-order chi connectivity index (χ0) is 20.3. The number of alkyl halides is 3. The molecule has 0 aliphatic carbocycles. The van der Waals surface area contributed by atoms with Gasteiger partial charge in [-0.15, -0.1) is 13.2 Å². The first-order valence-electron chi connectivity index (χ1n) is 8.54. The van der Waals surface area contributed by atoms with Crippen molar-refractivity contribution in [1.82, 2.24) is 5.32 Å². The molecule has 0 radical (unpaired) electrons. The van der Waals surface area contributed by atoms with E-state index in [0.29, 0.717) is 11.5 Å². The number of halogens is 3. The van der Waals surface area contributed by atoms with E-state index in [2.05, 4.69) is 10.1 Å². The maximum atomic E-state index is 12.2. The molecule has 0 aliphatic heterocycles. The highest BCUT2D eigenvalue weighted by Gasteiger charge is 2.30. The molecule has 7 heteroatoms. The summed E-state index contributed by atoms with van der Waals surface area (Å²) in [4.78, 5) is 11.2. The third kappa shape index (κ3) is 5.16. The Morgan fingerprint density at radius 2 is 1.46 bits per heavy atom. The number of benzene rings is 3. The SMILES string of the molecule is CC(=O)NC(C)c1ccc2cc(Oc3ccc(OC(F)(F)F)cc3)ccc2c1. The second kappa shape index (κ2) is 7.80. The van der Waals surface area contributed by atoms with Crippen molar-refractivity contribution in [3.8, 4) is 17.2 Å². The molecule has 0 aliphatic rings. The average Bonchev–Trinajstić information content (AvgIpc) is 2.61. The van der Waals surface area contributed by atoms with Gasteiger partial charge in [0.15, 0.2) is 0 Å². The van der Waals surface area contributed by atoms with Crippen LogP contribution in [0, 0.1) is 0 Å². The average molecular weight is 389 g/mol. The summed E-state index contributed by atoms with van der Waals surface area (Å²) in [6, 6.07) is 16.4. The van der Waals surface area contributed by atoms with Gasteiger partial charge in [-0.05, 0) is 65.7 Å². The molecule has 28 heavy (non-hydrogen) atoms. The molecule has 3 aromatic carbocycles. The minimum Gasteiger partial charge on any atom is -0.457 e. The lowest BCUT2D eigenvalue weighted by atomic mass is 10.0. The van der Waals surface area contributed by atoms with Crippen molar-refractivity contribution in [3.63, 3.8) is 0 Å². The van der Waals surface area contributed by atoms with Crippen LogP contribution in [-0.4, -0.2) is 12.3 Å². The highest BCUT2D eigenvalue weighted by atomic mass is 19.4. The summed E-state index contributed by atoms with van der Waals surface area (Å²) in [6.45, 7) is 3.38. The van der Waals surface area contributed by atoms with Gasteiger partial charge in [-0.3, -0.25) is 4.79 Å². The topological polar surface area (TPSA) is 47.6 Å². The molecule has 4 nitrogen and oxygen atoms in total. The van der Waals surface area contributed by atoms with Crippen molar-refractivity contribution in [2.45, 2.75) is 26.3 Å². The highest BCUT2D eigenvalue weighted by Crippen LogP contribution is 2.30. The molecule has 0 fully saturated rings. The Kier molecular flexibility index (Phi) is 5.44. The lowest BCUT2D eigenvalue weighted by molar-refractivity contribution is -0.274. The Hall–Kier alpha value is -3.22. The van der Waals surface area contributed by atoms with Gasteiger partial charge < -0.3 is 14.8 Å². The number of ether oxygens (including phenoxy) is 2. The summed E-state index contributed by atoms with van der Waals surface area (Å²) in [5.74, 6) is 0.548. The second-order valence-corrected chi connectivity index (χ2v) is 6.31. The van der Waals surface area contributed by atoms with Gasteiger partial charge in [0.1, 0.15) is 17.2 Å². The number of nitrogens with one attached hydrogen (secondary N) is 1. The van der Waals surface area contributed by atoms with Gasteiger partial charge in [0, 0.05) is 6.92 Å². The molecule has 1 N–H and O–H groups in total. The molecule has 0 bridgehead atoms. The molecular weight excluding hydrogens is 371 g/mol. The van der Waals surface area contributed by atoms with Gasteiger partial charge in [0.25, 0.3) is 0 Å². The zero-order valence-electron chi connectivity index (χ0n) is 15.2. The highest BCUT2D eigenvalue weighted by molar-refractivity contribution is 5.85. The molecule has 0 aromatic heterocycles. The number of carbonyl (C=O) groups excluding carboxylic acids is 1. The van der Waals surface area contributed by atoms with E-state index in [9.17, 15) is 18.0 Å². The lowest BCUT2D eigenvalue weighted by Crippen LogP contribution is -2.23. The van der Waals surface area contributed by atoms with E-state index >= 15 is 0 Å². The number of rotatable bonds is 5. The van der Waals surface area contributed by atoms with E-state index in [4.69, 9.17) is 4.74 Å². The normalized spacial score (nSPS) is 12.5. The fraction of sp³-hybridized carbons (Fsp3) is 0.190. The van der Waals surface area contributed by atoms with Crippen LogP contribution in [0.3, 0.4) is 0 Å². The molecule has 1 unspecified atom stereocenters. The molecule has 0 saturated heterocycles. The Morgan fingerprint density at radius 1 is 0.893 bits per heavy atom. The third-order valence-electron chi connectivity index (χ3n) is 4.05. The number of carbonyl (C=O) groups is 1. The maximum Gasteiger partial charge on any atom is 0.573 e. The quantitative estimate of drug-likeness (QED) is 0.606. The predicted molar refractivity (Wildman–Crippen MR) is 99.4 cm³/mol. The molecule has 0 spiro atoms. The van der Waals surface area contributed by atoms with Crippen LogP contribution in [0.4, 0.5) is 13.2 Å². The Morgan fingerprint density at radius 3 is 2.11 bits per heavy atom. The van der Waals surface area contributed by atoms with E-state index in [1.807, 2.05) is 37.3 Å². The van der Waals surface area contributed by atoms with Gasteiger partial charge in [-0.2, -0.15) is 0 Å². The minimum atomic E-state index is -4.73. The summed E-state index contributed by atoms with van der Waals surface area (Å²) in [6.07, 6.45) is -4.73. The standard InChI is InChI=1S/C21H18F3NO3/c1-13(25-14(2)26)15-3-4-17-12-20(6-5-16(17)11-15)27-18-7-9-19(10-8-18)28-21(22,23)24/h3-13H,1-2H3,(H,25,26). The van der Waals surface area contributed by atoms with Gasteiger partial charge in [-0.25, -0.2) is 0 Å². The fourth-order valence-electron chi connectivity index (χ4n) is 2.81. The van der Waals surface area contributed by atoms with Gasteiger partial charge >= 0.3 is 6.36 Å². The van der Waals surface area contributed by atoms with E-state index in [-0.39, 0.29) is 17.7 Å². The molecule has 0 heterocycles. The van der Waals surface area contributed by atoms with Crippen molar-refractivity contribution in [3.05, 3.63) is 66.2 Å². The number of hydrogen-bond donors (Lipinski definition) is 1. The molecule has 1 amide bonds. The summed E-state index contributed by atoms with van der Waals surface area (Å²) < 4.78 is 46.2. The van der Waals surface area contributed by atoms with Gasteiger partial charge in [0.05, 0.1) is 6.04 Å². The summed E-state index contributed by atoms with van der Waals surface area (Å²) in [5, 5.41) is 4.76. The number of amides is 1. The molecule has 146 valence electrons. The van der Waals surface area contributed by atoms with Crippen LogP contribution in [0.2, 0.25) is 0 Å². The van der Waals surface area contributed by atoms with Gasteiger partial charge in [-0.1, -0.05) is 18.2 Å². The summed E-state index contributed by atoms with van der Waals surface area (Å²) >= 11 is 0. The van der Waals surface area contributed by atoms with E-state index in [1.54, 1.807) is 6.07 Å². The minimum absolute atomic E-state index is 0.0944. The van der Waals surface area contributed by atoms with E-state index in [0.717, 1.165) is 16.3 Å². The van der Waals surface area contributed by atoms with Crippen LogP contribution >= 0.6 is 0 Å². The Balaban J connectivity index is 1.74. The largest absolute Gasteiger partial charge is 0.573 e. The predicted octanol–water partition coefficient (Wildman–Crippen LogP) is 5.73. The zero-order valence-corrected chi connectivity index (χ0v) is 15.2. The number of hydrogen-bond acceptors (Lipinski definition) is 3. The summed E-state index contributed by atoms with van der Waals surface area (Å²) in [7, 11) is 0. The number of fused-ring (bicyclic) bond motifs is 1. The van der Waals surface area contributed by atoms with Crippen LogP contribution < -0.4 is 14.8 Å². The first-order valence-corrected chi connectivity index (χ1v) is 8.54. The molecular formula is C21H18F3NO3. The maximum absolute atomic E-state index is 12.2. The van der Waals surface area contributed by atoms with Crippen LogP contribution in [0.15, 0.2) is 60.7 Å². The van der Waals surface area contributed by atoms with Crippen molar-refractivity contribution >= 4 is 16.7 Å². The van der Waals surface area contributed by atoms with Crippen molar-refractivity contribution in [2.24, 2.45) is 0 Å². The monoisotopic (exact) mass is 389 g/mol. The smallest absolute Gasteiger partial charge is 0.457 e. The lowest BCUT2D eigenvalue weighted by Gasteiger charge is -2.14.